The fourth-order valence-corrected chi connectivity index (χ4v) is 2.97. The molecule has 0 radical (unpaired) electrons. The maximum atomic E-state index is 4.34. The van der Waals surface area contributed by atoms with Crippen molar-refractivity contribution in [2.24, 2.45) is 5.41 Å². The molecular formula is C16H21N3. The van der Waals surface area contributed by atoms with Gasteiger partial charge in [0.1, 0.15) is 0 Å². The van der Waals surface area contributed by atoms with Crippen LogP contribution in [0.25, 0.3) is 10.8 Å². The molecule has 0 bridgehead atoms. The van der Waals surface area contributed by atoms with Crippen LogP contribution in [-0.2, 0) is 0 Å². The molecule has 1 saturated carbocycles. The van der Waals surface area contributed by atoms with Crippen LogP contribution in [0.4, 0.5) is 5.82 Å². The van der Waals surface area contributed by atoms with Crippen LogP contribution in [-0.4, -0.2) is 16.7 Å². The number of hydrogen-bond donors (Lipinski definition) is 1. The summed E-state index contributed by atoms with van der Waals surface area (Å²) in [5.74, 6) is 0.931. The van der Waals surface area contributed by atoms with Crippen molar-refractivity contribution in [3.05, 3.63) is 30.0 Å². The van der Waals surface area contributed by atoms with Crippen LogP contribution in [0.1, 0.15) is 38.3 Å². The normalized spacial score (nSPS) is 17.2. The SMILES string of the molecule is CCC1(CNc2nnc(C)c3ccccc23)CCC1. The predicted molar refractivity (Wildman–Crippen MR) is 79.3 cm³/mol. The first kappa shape index (κ1) is 12.4. The van der Waals surface area contributed by atoms with E-state index in [1.807, 2.05) is 6.92 Å². The Kier molecular flexibility index (Phi) is 3.13. The van der Waals surface area contributed by atoms with Gasteiger partial charge in [0.25, 0.3) is 0 Å². The van der Waals surface area contributed by atoms with Gasteiger partial charge in [-0.2, -0.15) is 5.10 Å². The number of benzene rings is 1. The molecule has 0 aliphatic heterocycles. The molecule has 3 rings (SSSR count). The lowest BCUT2D eigenvalue weighted by Gasteiger charge is -2.41. The second-order valence-corrected chi connectivity index (χ2v) is 5.74. The fourth-order valence-electron chi connectivity index (χ4n) is 2.97. The van der Waals surface area contributed by atoms with E-state index in [9.17, 15) is 0 Å². The number of nitrogens with one attached hydrogen (secondary N) is 1. The molecule has 0 atom stereocenters. The summed E-state index contributed by atoms with van der Waals surface area (Å²) in [5.41, 5.74) is 1.49. The fraction of sp³-hybridized carbons (Fsp3) is 0.500. The van der Waals surface area contributed by atoms with Crippen LogP contribution in [0.15, 0.2) is 24.3 Å². The van der Waals surface area contributed by atoms with Crippen molar-refractivity contribution in [3.63, 3.8) is 0 Å². The van der Waals surface area contributed by atoms with Crippen molar-refractivity contribution >= 4 is 16.6 Å². The van der Waals surface area contributed by atoms with Gasteiger partial charge in [0.2, 0.25) is 0 Å². The molecule has 0 amide bonds. The minimum atomic E-state index is 0.494. The summed E-state index contributed by atoms with van der Waals surface area (Å²) in [5, 5.41) is 14.5. The van der Waals surface area contributed by atoms with E-state index in [-0.39, 0.29) is 0 Å². The van der Waals surface area contributed by atoms with Crippen LogP contribution in [0, 0.1) is 12.3 Å². The highest BCUT2D eigenvalue weighted by atomic mass is 15.2. The van der Waals surface area contributed by atoms with Gasteiger partial charge in [0, 0.05) is 17.3 Å². The van der Waals surface area contributed by atoms with Crippen molar-refractivity contribution in [2.45, 2.75) is 39.5 Å². The van der Waals surface area contributed by atoms with E-state index in [2.05, 4.69) is 46.7 Å². The number of hydrogen-bond acceptors (Lipinski definition) is 3. The lowest BCUT2D eigenvalue weighted by molar-refractivity contribution is 0.145. The average Bonchev–Trinajstić information content (AvgIpc) is 2.41. The summed E-state index contributed by atoms with van der Waals surface area (Å²) < 4.78 is 0. The molecule has 3 heteroatoms. The zero-order valence-corrected chi connectivity index (χ0v) is 11.7. The Morgan fingerprint density at radius 1 is 1.16 bits per heavy atom. The summed E-state index contributed by atoms with van der Waals surface area (Å²) in [7, 11) is 0. The van der Waals surface area contributed by atoms with E-state index >= 15 is 0 Å². The second kappa shape index (κ2) is 4.80. The summed E-state index contributed by atoms with van der Waals surface area (Å²) in [4.78, 5) is 0. The van der Waals surface area contributed by atoms with Gasteiger partial charge >= 0.3 is 0 Å². The highest BCUT2D eigenvalue weighted by Gasteiger charge is 2.34. The number of anilines is 1. The minimum Gasteiger partial charge on any atom is -0.368 e. The first-order valence-corrected chi connectivity index (χ1v) is 7.20. The number of aryl methyl sites for hydroxylation is 1. The zero-order valence-electron chi connectivity index (χ0n) is 11.7. The average molecular weight is 255 g/mol. The lowest BCUT2D eigenvalue weighted by Crippen LogP contribution is -2.36. The summed E-state index contributed by atoms with van der Waals surface area (Å²) >= 11 is 0. The van der Waals surface area contributed by atoms with Crippen LogP contribution in [0.2, 0.25) is 0 Å². The van der Waals surface area contributed by atoms with Gasteiger partial charge in [-0.15, -0.1) is 5.10 Å². The third kappa shape index (κ3) is 2.18. The first-order chi connectivity index (χ1) is 9.24. The molecule has 1 aliphatic carbocycles. The van der Waals surface area contributed by atoms with E-state index in [1.165, 1.54) is 36.5 Å². The first-order valence-electron chi connectivity index (χ1n) is 7.20. The molecule has 0 spiro atoms. The number of nitrogens with zero attached hydrogens (tertiary/aromatic N) is 2. The van der Waals surface area contributed by atoms with Crippen molar-refractivity contribution in [2.75, 3.05) is 11.9 Å². The van der Waals surface area contributed by atoms with E-state index in [1.54, 1.807) is 0 Å². The topological polar surface area (TPSA) is 37.8 Å². The highest BCUT2D eigenvalue weighted by Crippen LogP contribution is 2.43. The van der Waals surface area contributed by atoms with Crippen LogP contribution < -0.4 is 5.32 Å². The van der Waals surface area contributed by atoms with Gasteiger partial charge in [0.15, 0.2) is 5.82 Å². The van der Waals surface area contributed by atoms with E-state index in [0.717, 1.165) is 18.1 Å². The second-order valence-electron chi connectivity index (χ2n) is 5.74. The quantitative estimate of drug-likeness (QED) is 0.899. The number of fused-ring (bicyclic) bond motifs is 1. The molecule has 1 aromatic carbocycles. The third-order valence-corrected chi connectivity index (χ3v) is 4.67. The maximum absolute atomic E-state index is 4.34. The Morgan fingerprint density at radius 2 is 1.89 bits per heavy atom. The molecule has 0 saturated heterocycles. The minimum absolute atomic E-state index is 0.494. The van der Waals surface area contributed by atoms with Crippen molar-refractivity contribution in [1.82, 2.24) is 10.2 Å². The monoisotopic (exact) mass is 255 g/mol. The van der Waals surface area contributed by atoms with Crippen molar-refractivity contribution < 1.29 is 0 Å². The molecule has 1 aliphatic rings. The number of rotatable bonds is 4. The summed E-state index contributed by atoms with van der Waals surface area (Å²) in [6.45, 7) is 5.32. The molecule has 0 unspecified atom stereocenters. The molecule has 100 valence electrons. The molecule has 1 fully saturated rings. The zero-order chi connectivity index (χ0) is 13.3. The van der Waals surface area contributed by atoms with Crippen LogP contribution >= 0.6 is 0 Å². The molecule has 3 nitrogen and oxygen atoms in total. The molecule has 2 aromatic rings. The van der Waals surface area contributed by atoms with Gasteiger partial charge in [-0.3, -0.25) is 0 Å². The van der Waals surface area contributed by atoms with E-state index in [0.29, 0.717) is 5.41 Å². The maximum Gasteiger partial charge on any atom is 0.156 e. The third-order valence-electron chi connectivity index (χ3n) is 4.67. The summed E-state index contributed by atoms with van der Waals surface area (Å²) in [6, 6.07) is 8.36. The van der Waals surface area contributed by atoms with Crippen LogP contribution in [0.5, 0.6) is 0 Å². The summed E-state index contributed by atoms with van der Waals surface area (Å²) in [6.07, 6.45) is 5.30. The highest BCUT2D eigenvalue weighted by molar-refractivity contribution is 5.92. The Morgan fingerprint density at radius 3 is 2.53 bits per heavy atom. The Balaban J connectivity index is 1.87. The molecular weight excluding hydrogens is 234 g/mol. The van der Waals surface area contributed by atoms with E-state index in [4.69, 9.17) is 0 Å². The molecule has 1 N–H and O–H groups in total. The van der Waals surface area contributed by atoms with Gasteiger partial charge < -0.3 is 5.32 Å². The molecule has 19 heavy (non-hydrogen) atoms. The smallest absolute Gasteiger partial charge is 0.156 e. The van der Waals surface area contributed by atoms with Crippen molar-refractivity contribution in [3.8, 4) is 0 Å². The van der Waals surface area contributed by atoms with E-state index < -0.39 is 0 Å². The van der Waals surface area contributed by atoms with Gasteiger partial charge in [-0.05, 0) is 31.6 Å². The molecule has 1 heterocycles. The Hall–Kier alpha value is -1.64. The van der Waals surface area contributed by atoms with Crippen molar-refractivity contribution in [1.29, 1.82) is 0 Å². The number of aromatic nitrogens is 2. The lowest BCUT2D eigenvalue weighted by atomic mass is 9.67. The largest absolute Gasteiger partial charge is 0.368 e. The van der Waals surface area contributed by atoms with Gasteiger partial charge in [-0.1, -0.05) is 37.6 Å². The van der Waals surface area contributed by atoms with Gasteiger partial charge in [0.05, 0.1) is 5.69 Å². The predicted octanol–water partition coefficient (Wildman–Crippen LogP) is 3.93. The van der Waals surface area contributed by atoms with Crippen LogP contribution in [0.3, 0.4) is 0 Å². The molecule has 1 aromatic heterocycles. The Bertz CT molecular complexity index is 582. The Labute approximate surface area is 114 Å². The standard InChI is InChI=1S/C16H21N3/c1-3-16(9-6-10-16)11-17-15-14-8-5-4-7-13(14)12(2)18-19-15/h4-5,7-8H,3,6,9-11H2,1-2H3,(H,17,19). The van der Waals surface area contributed by atoms with Gasteiger partial charge in [-0.25, -0.2) is 0 Å².